The van der Waals surface area contributed by atoms with E-state index in [9.17, 15) is 5.11 Å². The quantitative estimate of drug-likeness (QED) is 0.870. The van der Waals surface area contributed by atoms with E-state index in [4.69, 9.17) is 0 Å². The van der Waals surface area contributed by atoms with Crippen LogP contribution in [0.4, 0.5) is 0 Å². The minimum Gasteiger partial charge on any atom is -0.386 e. The predicted octanol–water partition coefficient (Wildman–Crippen LogP) is 2.06. The summed E-state index contributed by atoms with van der Waals surface area (Å²) in [5, 5.41) is 18.7. The molecule has 1 atom stereocenters. The van der Waals surface area contributed by atoms with Gasteiger partial charge in [0.2, 0.25) is 0 Å². The van der Waals surface area contributed by atoms with Crippen molar-refractivity contribution in [2.24, 2.45) is 30.2 Å². The Morgan fingerprint density at radius 3 is 2.22 bits per heavy atom. The first-order valence-corrected chi connectivity index (χ1v) is 7.19. The Morgan fingerprint density at radius 1 is 1.22 bits per heavy atom. The van der Waals surface area contributed by atoms with Gasteiger partial charge in [0.25, 0.3) is 0 Å². The maximum Gasteiger partial charge on any atom is 0.103 e. The lowest BCUT2D eigenvalue weighted by Gasteiger charge is -2.58. The lowest BCUT2D eigenvalue weighted by Crippen LogP contribution is -2.49. The van der Waals surface area contributed by atoms with Gasteiger partial charge in [-0.3, -0.25) is 0 Å². The summed E-state index contributed by atoms with van der Waals surface area (Å²) >= 11 is 0. The average Bonchev–Trinajstić information content (AvgIpc) is 2.72. The summed E-state index contributed by atoms with van der Waals surface area (Å²) in [4.78, 5) is 0. The highest BCUT2D eigenvalue weighted by atomic mass is 16.3. The Balaban J connectivity index is 1.69. The molecule has 4 bridgehead atoms. The molecule has 1 N–H and O–H groups in total. The minimum absolute atomic E-state index is 0.129. The molecular formula is C14H21N3O. The average molecular weight is 247 g/mol. The van der Waals surface area contributed by atoms with E-state index in [1.807, 2.05) is 7.05 Å². The van der Waals surface area contributed by atoms with Crippen molar-refractivity contribution >= 4 is 0 Å². The van der Waals surface area contributed by atoms with Crippen molar-refractivity contribution in [3.05, 3.63) is 11.9 Å². The van der Waals surface area contributed by atoms with Gasteiger partial charge in [0, 0.05) is 12.5 Å². The summed E-state index contributed by atoms with van der Waals surface area (Å²) in [5.41, 5.74) is 1.03. The number of rotatable bonds is 2. The summed E-state index contributed by atoms with van der Waals surface area (Å²) in [7, 11) is 1.88. The molecule has 1 aromatic heterocycles. The van der Waals surface area contributed by atoms with Crippen LogP contribution in [0.15, 0.2) is 6.20 Å². The van der Waals surface area contributed by atoms with Gasteiger partial charge in [-0.1, -0.05) is 5.21 Å². The molecule has 5 rings (SSSR count). The molecule has 1 unspecified atom stereocenters. The Bertz CT molecular complexity index is 432. The van der Waals surface area contributed by atoms with E-state index in [0.29, 0.717) is 0 Å². The van der Waals surface area contributed by atoms with Gasteiger partial charge in [-0.25, -0.2) is 4.68 Å². The van der Waals surface area contributed by atoms with Crippen LogP contribution in [0.3, 0.4) is 0 Å². The van der Waals surface area contributed by atoms with Crippen molar-refractivity contribution in [2.45, 2.75) is 44.6 Å². The molecule has 4 aliphatic carbocycles. The van der Waals surface area contributed by atoms with Crippen molar-refractivity contribution in [3.8, 4) is 0 Å². The van der Waals surface area contributed by atoms with Crippen LogP contribution in [0, 0.1) is 23.2 Å². The number of hydrogen-bond acceptors (Lipinski definition) is 3. The van der Waals surface area contributed by atoms with E-state index in [1.165, 1.54) is 38.5 Å². The summed E-state index contributed by atoms with van der Waals surface area (Å²) in [6, 6.07) is 0. The van der Waals surface area contributed by atoms with Crippen LogP contribution in [-0.4, -0.2) is 20.1 Å². The number of aromatic nitrogens is 3. The number of hydrogen-bond donors (Lipinski definition) is 1. The van der Waals surface area contributed by atoms with Gasteiger partial charge in [-0.15, -0.1) is 5.10 Å². The van der Waals surface area contributed by atoms with E-state index in [0.717, 1.165) is 23.4 Å². The first kappa shape index (κ1) is 11.0. The summed E-state index contributed by atoms with van der Waals surface area (Å²) < 4.78 is 1.74. The van der Waals surface area contributed by atoms with Crippen molar-refractivity contribution < 1.29 is 5.11 Å². The fourth-order valence-electron chi connectivity index (χ4n) is 5.37. The van der Waals surface area contributed by atoms with Crippen molar-refractivity contribution in [1.29, 1.82) is 0 Å². The molecule has 4 saturated carbocycles. The number of aliphatic hydroxyl groups is 1. The van der Waals surface area contributed by atoms with Crippen LogP contribution < -0.4 is 0 Å². The van der Waals surface area contributed by atoms with E-state index in [2.05, 4.69) is 10.3 Å². The van der Waals surface area contributed by atoms with Gasteiger partial charge in [0.05, 0.1) is 11.9 Å². The minimum atomic E-state index is -0.370. The molecular weight excluding hydrogens is 226 g/mol. The highest BCUT2D eigenvalue weighted by Crippen LogP contribution is 2.63. The number of nitrogens with zero attached hydrogens (tertiary/aromatic N) is 3. The first-order chi connectivity index (χ1) is 8.66. The maximum atomic E-state index is 10.9. The van der Waals surface area contributed by atoms with E-state index in [1.54, 1.807) is 10.9 Å². The second-order valence-corrected chi connectivity index (χ2v) is 6.96. The molecule has 0 aliphatic heterocycles. The van der Waals surface area contributed by atoms with Crippen LogP contribution >= 0.6 is 0 Å². The van der Waals surface area contributed by atoms with Crippen LogP contribution in [0.5, 0.6) is 0 Å². The molecule has 0 spiro atoms. The van der Waals surface area contributed by atoms with Crippen LogP contribution in [0.2, 0.25) is 0 Å². The fraction of sp³-hybridized carbons (Fsp3) is 0.857. The van der Waals surface area contributed by atoms with Gasteiger partial charge in [0.1, 0.15) is 6.10 Å². The van der Waals surface area contributed by atoms with Gasteiger partial charge in [-0.05, 0) is 56.3 Å². The molecule has 1 aromatic rings. The molecule has 4 fully saturated rings. The van der Waals surface area contributed by atoms with Gasteiger partial charge < -0.3 is 5.11 Å². The third-order valence-corrected chi connectivity index (χ3v) is 5.70. The van der Waals surface area contributed by atoms with Gasteiger partial charge in [-0.2, -0.15) is 0 Å². The van der Waals surface area contributed by atoms with Gasteiger partial charge in [0.15, 0.2) is 0 Å². The normalized spacial score (nSPS) is 43.3. The summed E-state index contributed by atoms with van der Waals surface area (Å²) in [6.07, 6.45) is 9.25. The molecule has 0 amide bonds. The van der Waals surface area contributed by atoms with E-state index < -0.39 is 0 Å². The lowest BCUT2D eigenvalue weighted by atomic mass is 9.48. The molecule has 98 valence electrons. The monoisotopic (exact) mass is 247 g/mol. The van der Waals surface area contributed by atoms with Gasteiger partial charge >= 0.3 is 0 Å². The van der Waals surface area contributed by atoms with Crippen molar-refractivity contribution in [1.82, 2.24) is 15.0 Å². The molecule has 1 heterocycles. The summed E-state index contributed by atoms with van der Waals surface area (Å²) in [6.45, 7) is 0. The molecule has 18 heavy (non-hydrogen) atoms. The number of aliphatic hydroxyl groups excluding tert-OH is 1. The maximum absolute atomic E-state index is 10.9. The third-order valence-electron chi connectivity index (χ3n) is 5.70. The van der Waals surface area contributed by atoms with Crippen LogP contribution in [0.25, 0.3) is 0 Å². The SMILES string of the molecule is Cn1nncc1C(O)C12CC3CC(CC(C3)C1)C2. The molecule has 0 saturated heterocycles. The van der Waals surface area contributed by atoms with E-state index >= 15 is 0 Å². The second kappa shape index (κ2) is 3.56. The number of aryl methyl sites for hydroxylation is 1. The zero-order valence-electron chi connectivity index (χ0n) is 10.9. The van der Waals surface area contributed by atoms with E-state index in [-0.39, 0.29) is 11.5 Å². The standard InChI is InChI=1S/C14H21N3O/c1-17-12(8-15-16-17)13(18)14-5-9-2-10(6-14)4-11(3-9)7-14/h8-11,13,18H,2-7H2,1H3. The smallest absolute Gasteiger partial charge is 0.103 e. The highest BCUT2D eigenvalue weighted by Gasteiger charge is 2.54. The van der Waals surface area contributed by atoms with Crippen LogP contribution in [0.1, 0.15) is 50.3 Å². The predicted molar refractivity (Wildman–Crippen MR) is 66.6 cm³/mol. The van der Waals surface area contributed by atoms with Crippen molar-refractivity contribution in [3.63, 3.8) is 0 Å². The Morgan fingerprint density at radius 2 is 1.78 bits per heavy atom. The Kier molecular flexibility index (Phi) is 2.17. The zero-order valence-corrected chi connectivity index (χ0v) is 10.9. The molecule has 4 nitrogen and oxygen atoms in total. The van der Waals surface area contributed by atoms with Crippen molar-refractivity contribution in [2.75, 3.05) is 0 Å². The first-order valence-electron chi connectivity index (χ1n) is 7.19. The lowest BCUT2D eigenvalue weighted by molar-refractivity contribution is -0.124. The largest absolute Gasteiger partial charge is 0.386 e. The van der Waals surface area contributed by atoms with Crippen LogP contribution in [-0.2, 0) is 7.05 Å². The topological polar surface area (TPSA) is 50.9 Å². The third kappa shape index (κ3) is 1.41. The highest BCUT2D eigenvalue weighted by molar-refractivity contribution is 5.11. The second-order valence-electron chi connectivity index (χ2n) is 6.96. The fourth-order valence-corrected chi connectivity index (χ4v) is 5.37. The molecule has 4 aliphatic rings. The molecule has 0 aromatic carbocycles. The molecule has 0 radical (unpaired) electrons. The Labute approximate surface area is 107 Å². The Hall–Kier alpha value is -0.900. The molecule has 4 heteroatoms. The zero-order chi connectivity index (χ0) is 12.3. The summed E-state index contributed by atoms with van der Waals surface area (Å²) in [5.74, 6) is 2.60.